The Morgan fingerprint density at radius 1 is 1.36 bits per heavy atom. The van der Waals surface area contributed by atoms with E-state index in [1.165, 1.54) is 10.8 Å². The lowest BCUT2D eigenvalue weighted by Gasteiger charge is -2.23. The van der Waals surface area contributed by atoms with Crippen molar-refractivity contribution in [1.29, 1.82) is 0 Å². The molecule has 0 bridgehead atoms. The quantitative estimate of drug-likeness (QED) is 0.835. The summed E-state index contributed by atoms with van der Waals surface area (Å²) in [6.45, 7) is 5.88. The number of ether oxygens (including phenoxy) is 2. The van der Waals surface area contributed by atoms with Crippen LogP contribution in [0.2, 0.25) is 0 Å². The van der Waals surface area contributed by atoms with Gasteiger partial charge < -0.3 is 9.47 Å². The minimum Gasteiger partial charge on any atom is -0.348 e. The molecule has 3 rings (SSSR count). The van der Waals surface area contributed by atoms with Crippen molar-refractivity contribution < 1.29 is 14.3 Å². The van der Waals surface area contributed by atoms with Crippen LogP contribution < -0.4 is 11.2 Å². The largest absolute Gasteiger partial charge is 0.348 e. The summed E-state index contributed by atoms with van der Waals surface area (Å²) in [7, 11) is 1.81. The molecule has 2 saturated heterocycles. The predicted molar refractivity (Wildman–Crippen MR) is 77.3 cm³/mol. The monoisotopic (exact) mass is 311 g/mol. The van der Waals surface area contributed by atoms with Gasteiger partial charge in [0.05, 0.1) is 12.6 Å². The molecule has 3 heterocycles. The molecule has 0 spiro atoms. The smallest absolute Gasteiger partial charge is 0.330 e. The zero-order valence-corrected chi connectivity index (χ0v) is 13.2. The molecule has 2 aliphatic rings. The third-order valence-corrected chi connectivity index (χ3v) is 4.11. The van der Waals surface area contributed by atoms with Gasteiger partial charge in [-0.2, -0.15) is 5.06 Å². The summed E-state index contributed by atoms with van der Waals surface area (Å²) >= 11 is 0. The highest BCUT2D eigenvalue weighted by molar-refractivity contribution is 5.02. The first-order chi connectivity index (χ1) is 10.3. The Balaban J connectivity index is 1.81. The predicted octanol–water partition coefficient (Wildman–Crippen LogP) is 0.131. The van der Waals surface area contributed by atoms with Crippen LogP contribution in [0, 0.1) is 6.92 Å². The topological polar surface area (TPSA) is 85.8 Å². The second-order valence-electron chi connectivity index (χ2n) is 6.26. The van der Waals surface area contributed by atoms with E-state index in [1.807, 2.05) is 20.9 Å². The van der Waals surface area contributed by atoms with Gasteiger partial charge in [0.2, 0.25) is 0 Å². The molecule has 1 aromatic heterocycles. The molecule has 8 nitrogen and oxygen atoms in total. The Bertz CT molecular complexity index is 680. The molecule has 1 N–H and O–H groups in total. The molecule has 3 atom stereocenters. The first-order valence-electron chi connectivity index (χ1n) is 7.30. The number of hydroxylamine groups is 2. The van der Waals surface area contributed by atoms with E-state index in [4.69, 9.17) is 14.3 Å². The van der Waals surface area contributed by atoms with Crippen LogP contribution in [0.3, 0.4) is 0 Å². The maximum absolute atomic E-state index is 12.0. The number of likely N-dealkylation sites (N-methyl/N-ethyl adjacent to an activating group) is 1. The Morgan fingerprint density at radius 3 is 2.73 bits per heavy atom. The first-order valence-corrected chi connectivity index (χ1v) is 7.30. The average Bonchev–Trinajstić information content (AvgIpc) is 2.96. The molecule has 22 heavy (non-hydrogen) atoms. The molecule has 8 heteroatoms. The zero-order chi connectivity index (χ0) is 16.1. The number of aromatic amines is 1. The fourth-order valence-electron chi connectivity index (χ4n) is 2.92. The summed E-state index contributed by atoms with van der Waals surface area (Å²) in [5.74, 6) is -0.602. The van der Waals surface area contributed by atoms with E-state index in [0.717, 1.165) is 0 Å². The summed E-state index contributed by atoms with van der Waals surface area (Å²) in [6.07, 6.45) is 1.51. The van der Waals surface area contributed by atoms with Crippen molar-refractivity contribution in [2.75, 3.05) is 13.7 Å². The molecular weight excluding hydrogens is 290 g/mol. The highest BCUT2D eigenvalue weighted by Gasteiger charge is 2.44. The van der Waals surface area contributed by atoms with E-state index >= 15 is 0 Å². The van der Waals surface area contributed by atoms with Crippen LogP contribution in [0.15, 0.2) is 15.8 Å². The molecule has 0 aromatic carbocycles. The van der Waals surface area contributed by atoms with Gasteiger partial charge in [-0.25, -0.2) is 4.79 Å². The molecular formula is C14H21N3O5. The number of aryl methyl sites for hydroxylation is 1. The maximum atomic E-state index is 12.0. The summed E-state index contributed by atoms with van der Waals surface area (Å²) in [5, 5.41) is 1.70. The van der Waals surface area contributed by atoms with Crippen molar-refractivity contribution >= 4 is 0 Å². The fourth-order valence-corrected chi connectivity index (χ4v) is 2.92. The SMILES string of the molecule is Cc1cn([C@@H]2C[C@H]([C@H]3COC(C)(C)O3)N(C)O2)c(=O)[nH]c1=O. The van der Waals surface area contributed by atoms with Crippen molar-refractivity contribution in [3.63, 3.8) is 0 Å². The Hall–Kier alpha value is -1.48. The van der Waals surface area contributed by atoms with Gasteiger partial charge in [0, 0.05) is 25.2 Å². The first kappa shape index (κ1) is 15.4. The number of nitrogens with zero attached hydrogens (tertiary/aromatic N) is 2. The van der Waals surface area contributed by atoms with Crippen LogP contribution in [-0.2, 0) is 14.3 Å². The molecule has 2 fully saturated rings. The van der Waals surface area contributed by atoms with Crippen LogP contribution in [0.5, 0.6) is 0 Å². The van der Waals surface area contributed by atoms with Crippen LogP contribution >= 0.6 is 0 Å². The third kappa shape index (κ3) is 2.74. The van der Waals surface area contributed by atoms with Crippen molar-refractivity contribution in [2.45, 2.75) is 51.4 Å². The number of aromatic nitrogens is 2. The van der Waals surface area contributed by atoms with Crippen LogP contribution in [0.1, 0.15) is 32.1 Å². The minimum atomic E-state index is -0.602. The standard InChI is InChI=1S/C14H21N3O5/c1-8-6-17(13(19)15-12(8)18)11-5-9(16(4)22-11)10-7-20-14(2,3)21-10/h6,9-11H,5,7H2,1-4H3,(H,15,18,19)/t9-,10-,11+/m1/s1. The lowest BCUT2D eigenvalue weighted by molar-refractivity contribution is -0.190. The van der Waals surface area contributed by atoms with E-state index in [0.29, 0.717) is 18.6 Å². The van der Waals surface area contributed by atoms with Crippen molar-refractivity contribution in [3.05, 3.63) is 32.6 Å². The van der Waals surface area contributed by atoms with E-state index in [-0.39, 0.29) is 17.7 Å². The van der Waals surface area contributed by atoms with Gasteiger partial charge in [-0.15, -0.1) is 0 Å². The molecule has 0 radical (unpaired) electrons. The molecule has 0 saturated carbocycles. The molecule has 2 aliphatic heterocycles. The van der Waals surface area contributed by atoms with Gasteiger partial charge in [-0.3, -0.25) is 19.2 Å². The van der Waals surface area contributed by atoms with E-state index in [9.17, 15) is 9.59 Å². The highest BCUT2D eigenvalue weighted by Crippen LogP contribution is 2.34. The lowest BCUT2D eigenvalue weighted by Crippen LogP contribution is -2.38. The fraction of sp³-hybridized carbons (Fsp3) is 0.714. The molecule has 0 aliphatic carbocycles. The van der Waals surface area contributed by atoms with Crippen LogP contribution in [0.25, 0.3) is 0 Å². The molecule has 0 amide bonds. The Labute approximate surface area is 127 Å². The van der Waals surface area contributed by atoms with Gasteiger partial charge in [-0.1, -0.05) is 0 Å². The van der Waals surface area contributed by atoms with Gasteiger partial charge in [0.25, 0.3) is 5.56 Å². The number of hydrogen-bond acceptors (Lipinski definition) is 6. The summed E-state index contributed by atoms with van der Waals surface area (Å²) in [4.78, 5) is 31.5. The average molecular weight is 311 g/mol. The van der Waals surface area contributed by atoms with E-state index in [1.54, 1.807) is 12.0 Å². The Kier molecular flexibility index (Phi) is 3.72. The van der Waals surface area contributed by atoms with Gasteiger partial charge in [-0.05, 0) is 20.8 Å². The van der Waals surface area contributed by atoms with Crippen molar-refractivity contribution in [3.8, 4) is 0 Å². The van der Waals surface area contributed by atoms with Gasteiger partial charge >= 0.3 is 5.69 Å². The second kappa shape index (κ2) is 5.31. The highest BCUT2D eigenvalue weighted by atomic mass is 16.8. The second-order valence-corrected chi connectivity index (χ2v) is 6.26. The summed E-state index contributed by atoms with van der Waals surface area (Å²) in [6, 6.07) is -0.0223. The number of hydrogen-bond donors (Lipinski definition) is 1. The Morgan fingerprint density at radius 2 is 2.09 bits per heavy atom. The molecule has 122 valence electrons. The number of nitrogens with one attached hydrogen (secondary N) is 1. The number of rotatable bonds is 2. The number of H-pyrrole nitrogens is 1. The van der Waals surface area contributed by atoms with E-state index < -0.39 is 17.7 Å². The van der Waals surface area contributed by atoms with Crippen LogP contribution in [0.4, 0.5) is 0 Å². The van der Waals surface area contributed by atoms with Gasteiger partial charge in [0.15, 0.2) is 12.0 Å². The lowest BCUT2D eigenvalue weighted by atomic mass is 10.1. The van der Waals surface area contributed by atoms with Crippen molar-refractivity contribution in [2.24, 2.45) is 0 Å². The van der Waals surface area contributed by atoms with Crippen LogP contribution in [-0.4, -0.2) is 46.2 Å². The normalized spacial score (nSPS) is 31.7. The molecule has 1 aromatic rings. The summed E-state index contributed by atoms with van der Waals surface area (Å²) < 4.78 is 12.9. The minimum absolute atomic E-state index is 0.0223. The molecule has 0 unspecified atom stereocenters. The van der Waals surface area contributed by atoms with E-state index in [2.05, 4.69) is 4.98 Å². The summed E-state index contributed by atoms with van der Waals surface area (Å²) in [5.41, 5.74) is -0.382. The third-order valence-electron chi connectivity index (χ3n) is 4.11. The van der Waals surface area contributed by atoms with Gasteiger partial charge in [0.1, 0.15) is 6.10 Å². The zero-order valence-electron chi connectivity index (χ0n) is 13.2. The maximum Gasteiger partial charge on any atom is 0.330 e. The van der Waals surface area contributed by atoms with Crippen molar-refractivity contribution in [1.82, 2.24) is 14.6 Å².